The largest absolute Gasteiger partial charge is 0.493 e. The summed E-state index contributed by atoms with van der Waals surface area (Å²) in [6.45, 7) is 5.78. The summed E-state index contributed by atoms with van der Waals surface area (Å²) in [4.78, 5) is 47.6. The van der Waals surface area contributed by atoms with Crippen LogP contribution < -0.4 is 10.3 Å². The fraction of sp³-hybridized carbons (Fsp3) is 0.520. The van der Waals surface area contributed by atoms with E-state index in [1.807, 2.05) is 6.92 Å². The first-order valence-corrected chi connectivity index (χ1v) is 14.6. The van der Waals surface area contributed by atoms with Crippen molar-refractivity contribution in [1.82, 2.24) is 23.9 Å². The zero-order valence-corrected chi connectivity index (χ0v) is 24.0. The van der Waals surface area contributed by atoms with Crippen LogP contribution in [0.5, 0.6) is 5.75 Å². The third-order valence-electron chi connectivity index (χ3n) is 6.92. The van der Waals surface area contributed by atoms with Crippen LogP contribution in [-0.4, -0.2) is 76.3 Å². The number of methoxy groups -OCH3 is 1. The van der Waals surface area contributed by atoms with E-state index in [1.165, 1.54) is 27.0 Å². The molecule has 0 aliphatic carbocycles. The summed E-state index contributed by atoms with van der Waals surface area (Å²) in [5, 5.41) is 14.4. The number of aromatic amines is 1. The molecule has 1 fully saturated rings. The zero-order valence-electron chi connectivity index (χ0n) is 23.2. The maximum Gasteiger partial charge on any atom is 0.335 e. The van der Waals surface area contributed by atoms with Gasteiger partial charge in [0.2, 0.25) is 16.1 Å². The first kappa shape index (κ1) is 29.9. The highest BCUT2D eigenvalue weighted by molar-refractivity contribution is 7.89. The number of carbonyl (C=O) groups is 1. The van der Waals surface area contributed by atoms with E-state index >= 15 is 0 Å². The number of sulfonamides is 1. The summed E-state index contributed by atoms with van der Waals surface area (Å²) in [7, 11) is -2.94. The van der Waals surface area contributed by atoms with Crippen LogP contribution >= 0.6 is 0 Å². The van der Waals surface area contributed by atoms with Gasteiger partial charge in [-0.15, -0.1) is 15.2 Å². The Labute approximate surface area is 235 Å². The van der Waals surface area contributed by atoms with E-state index in [0.717, 1.165) is 13.5 Å². The van der Waals surface area contributed by atoms with Crippen molar-refractivity contribution >= 4 is 21.5 Å². The minimum atomic E-state index is -4.04. The molecule has 1 aromatic carbocycles. The maximum absolute atomic E-state index is 13.7. The lowest BCUT2D eigenvalue weighted by atomic mass is 9.92. The van der Waals surface area contributed by atoms with Gasteiger partial charge in [-0.1, -0.05) is 6.92 Å². The van der Waals surface area contributed by atoms with E-state index < -0.39 is 38.7 Å². The van der Waals surface area contributed by atoms with Gasteiger partial charge >= 0.3 is 5.97 Å². The van der Waals surface area contributed by atoms with Crippen molar-refractivity contribution in [2.45, 2.75) is 57.5 Å². The zero-order chi connectivity index (χ0) is 29.9. The molecule has 0 saturated carbocycles. The number of hydrogen-bond donors (Lipinski definition) is 1. The summed E-state index contributed by atoms with van der Waals surface area (Å²) in [6, 6.07) is 4.31. The maximum atomic E-state index is 13.7. The molecule has 15 nitrogen and oxygen atoms in total. The number of esters is 1. The standard InChI is InChI=1S/C25H32N6O9S/c1-5-7-20-26-15(3)21-24(32)27-23(28-30(20)21)18-14-17(8-9-19(18)39-6-2)41(36,37)29-12-10-16(11-13-29)22(25(33)38-4)40-31(34)35/h8-9,14,16,22H,5-7,10-13H2,1-4H3,(H,27,28,32). The van der Waals surface area contributed by atoms with Crippen LogP contribution in [0.3, 0.4) is 0 Å². The first-order valence-electron chi connectivity index (χ1n) is 13.2. The van der Waals surface area contributed by atoms with Gasteiger partial charge in [-0.25, -0.2) is 22.7 Å². The molecule has 222 valence electrons. The number of hydrogen-bond acceptors (Lipinski definition) is 11. The number of nitrogens with one attached hydrogen (secondary N) is 1. The predicted molar refractivity (Wildman–Crippen MR) is 144 cm³/mol. The Morgan fingerprint density at radius 2 is 1.98 bits per heavy atom. The van der Waals surface area contributed by atoms with Crippen LogP contribution in [0.4, 0.5) is 0 Å². The van der Waals surface area contributed by atoms with E-state index in [4.69, 9.17) is 4.74 Å². The lowest BCUT2D eigenvalue weighted by molar-refractivity contribution is -0.767. The molecule has 4 rings (SSSR count). The molecule has 1 aliphatic heterocycles. The molecule has 41 heavy (non-hydrogen) atoms. The summed E-state index contributed by atoms with van der Waals surface area (Å²) in [5.41, 5.74) is 0.711. The Balaban J connectivity index is 1.68. The summed E-state index contributed by atoms with van der Waals surface area (Å²) < 4.78 is 40.4. The van der Waals surface area contributed by atoms with Crippen LogP contribution in [0.2, 0.25) is 0 Å². The van der Waals surface area contributed by atoms with Gasteiger partial charge in [0.05, 0.1) is 29.9 Å². The van der Waals surface area contributed by atoms with E-state index in [9.17, 15) is 28.1 Å². The summed E-state index contributed by atoms with van der Waals surface area (Å²) >= 11 is 0. The highest BCUT2D eigenvalue weighted by Gasteiger charge is 2.38. The van der Waals surface area contributed by atoms with Crippen LogP contribution in [-0.2, 0) is 30.8 Å². The van der Waals surface area contributed by atoms with E-state index in [2.05, 4.69) is 24.6 Å². The van der Waals surface area contributed by atoms with Crippen LogP contribution in [0, 0.1) is 23.0 Å². The average molecular weight is 593 g/mol. The van der Waals surface area contributed by atoms with Gasteiger partial charge in [0.1, 0.15) is 11.6 Å². The Morgan fingerprint density at radius 3 is 2.59 bits per heavy atom. The van der Waals surface area contributed by atoms with Gasteiger partial charge in [0, 0.05) is 19.5 Å². The second-order valence-corrected chi connectivity index (χ2v) is 11.5. The Kier molecular flexibility index (Phi) is 8.92. The highest BCUT2D eigenvalue weighted by Crippen LogP contribution is 2.33. The van der Waals surface area contributed by atoms with Crippen LogP contribution in [0.25, 0.3) is 16.9 Å². The van der Waals surface area contributed by atoms with E-state index in [-0.39, 0.29) is 48.8 Å². The molecule has 1 N–H and O–H groups in total. The van der Waals surface area contributed by atoms with Crippen molar-refractivity contribution < 1.29 is 32.6 Å². The van der Waals surface area contributed by atoms with Gasteiger partial charge in [0.25, 0.3) is 10.6 Å². The van der Waals surface area contributed by atoms with Gasteiger partial charge in [-0.3, -0.25) is 9.63 Å². The SMILES string of the molecule is CCCc1nc(C)c2c(=O)[nH]c(-c3cc(S(=O)(=O)N4CCC(C(O[N+](=O)[O-])C(=O)OC)CC4)ccc3OCC)nn12. The highest BCUT2D eigenvalue weighted by atomic mass is 32.2. The van der Waals surface area contributed by atoms with Crippen molar-refractivity contribution in [3.8, 4) is 17.1 Å². The number of benzene rings is 1. The molecule has 0 spiro atoms. The topological polar surface area (TPSA) is 188 Å². The van der Waals surface area contributed by atoms with E-state index in [0.29, 0.717) is 29.2 Å². The number of aryl methyl sites for hydroxylation is 2. The van der Waals surface area contributed by atoms with Crippen molar-refractivity contribution in [1.29, 1.82) is 0 Å². The molecule has 1 aliphatic rings. The molecule has 0 radical (unpaired) electrons. The molecule has 1 atom stereocenters. The smallest absolute Gasteiger partial charge is 0.335 e. The number of nitrogens with zero attached hydrogens (tertiary/aromatic N) is 5. The molecule has 16 heteroatoms. The minimum Gasteiger partial charge on any atom is -0.493 e. The molecule has 1 saturated heterocycles. The fourth-order valence-electron chi connectivity index (χ4n) is 4.98. The third-order valence-corrected chi connectivity index (χ3v) is 8.81. The van der Waals surface area contributed by atoms with Gasteiger partial charge in [-0.2, -0.15) is 4.31 Å². The lowest BCUT2D eigenvalue weighted by Crippen LogP contribution is -2.44. The predicted octanol–water partition coefficient (Wildman–Crippen LogP) is 1.89. The number of aromatic nitrogens is 4. The number of H-pyrrole nitrogens is 1. The Morgan fingerprint density at radius 1 is 1.27 bits per heavy atom. The molecular weight excluding hydrogens is 560 g/mol. The summed E-state index contributed by atoms with van der Waals surface area (Å²) in [6.07, 6.45) is 0.219. The normalized spacial score (nSPS) is 15.5. The van der Waals surface area contributed by atoms with Crippen molar-refractivity contribution in [3.05, 3.63) is 50.2 Å². The van der Waals surface area contributed by atoms with Crippen LogP contribution in [0.15, 0.2) is 27.9 Å². The number of fused-ring (bicyclic) bond motifs is 1. The molecule has 3 aromatic rings. The van der Waals surface area contributed by atoms with Crippen molar-refractivity contribution in [3.63, 3.8) is 0 Å². The van der Waals surface area contributed by atoms with E-state index in [1.54, 1.807) is 13.8 Å². The summed E-state index contributed by atoms with van der Waals surface area (Å²) in [5.74, 6) is -0.433. The van der Waals surface area contributed by atoms with Gasteiger partial charge in [-0.05, 0) is 57.2 Å². The quantitative estimate of drug-likeness (QED) is 0.194. The number of piperidine rings is 1. The van der Waals surface area contributed by atoms with Crippen molar-refractivity contribution in [2.75, 3.05) is 26.8 Å². The molecule has 0 bridgehead atoms. The molecular formula is C25H32N6O9S. The minimum absolute atomic E-state index is 0.000152. The third kappa shape index (κ3) is 6.02. The number of rotatable bonds is 11. The van der Waals surface area contributed by atoms with Crippen molar-refractivity contribution in [2.24, 2.45) is 5.92 Å². The average Bonchev–Trinajstić information content (AvgIpc) is 3.27. The van der Waals surface area contributed by atoms with Gasteiger partial charge in [0.15, 0.2) is 11.3 Å². The number of imidazole rings is 1. The Bertz CT molecular complexity index is 1610. The second kappa shape index (κ2) is 12.2. The lowest BCUT2D eigenvalue weighted by Gasteiger charge is -2.33. The molecule has 2 aromatic heterocycles. The fourth-order valence-corrected chi connectivity index (χ4v) is 6.47. The first-order chi connectivity index (χ1) is 19.5. The number of carbonyl (C=O) groups excluding carboxylic acids is 1. The molecule has 3 heterocycles. The monoisotopic (exact) mass is 592 g/mol. The second-order valence-electron chi connectivity index (χ2n) is 9.53. The van der Waals surface area contributed by atoms with Gasteiger partial charge < -0.3 is 14.5 Å². The number of ether oxygens (including phenoxy) is 2. The Hall–Kier alpha value is -4.05. The van der Waals surface area contributed by atoms with Crippen LogP contribution in [0.1, 0.15) is 44.6 Å². The molecule has 0 amide bonds. The molecule has 1 unspecified atom stereocenters.